The highest BCUT2D eigenvalue weighted by Gasteiger charge is 2.36. The Labute approximate surface area is 220 Å². The van der Waals surface area contributed by atoms with Gasteiger partial charge in [0.05, 0.1) is 18.6 Å². The average molecular weight is 553 g/mol. The van der Waals surface area contributed by atoms with E-state index in [9.17, 15) is 14.0 Å². The molecule has 5 nitrogen and oxygen atoms in total. The molecule has 0 atom stereocenters. The zero-order valence-corrected chi connectivity index (χ0v) is 21.3. The van der Waals surface area contributed by atoms with Gasteiger partial charge in [0.1, 0.15) is 12.4 Å². The van der Waals surface area contributed by atoms with Crippen LogP contribution in [0.5, 0.6) is 11.5 Å². The second-order valence-corrected chi connectivity index (χ2v) is 9.62. The third kappa shape index (κ3) is 5.59. The Morgan fingerprint density at radius 1 is 1.03 bits per heavy atom. The lowest BCUT2D eigenvalue weighted by molar-refractivity contribution is -0.123. The van der Waals surface area contributed by atoms with Gasteiger partial charge in [-0.05, 0) is 48.2 Å². The van der Waals surface area contributed by atoms with Crippen molar-refractivity contribution in [1.82, 2.24) is 4.90 Å². The number of ether oxygens (including phenoxy) is 2. The smallest absolute Gasteiger partial charge is 0.293 e. The summed E-state index contributed by atoms with van der Waals surface area (Å²) in [6.45, 7) is -0.158. The lowest BCUT2D eigenvalue weighted by Crippen LogP contribution is -2.28. The number of nitrogens with zero attached hydrogens (tertiary/aromatic N) is 1. The van der Waals surface area contributed by atoms with E-state index >= 15 is 0 Å². The molecule has 3 aromatic carbocycles. The largest absolute Gasteiger partial charge is 0.493 e. The van der Waals surface area contributed by atoms with Gasteiger partial charge in [0.25, 0.3) is 11.1 Å². The monoisotopic (exact) mass is 551 g/mol. The fourth-order valence-electron chi connectivity index (χ4n) is 3.37. The lowest BCUT2D eigenvalue weighted by atomic mass is 10.1. The van der Waals surface area contributed by atoms with E-state index in [4.69, 9.17) is 44.3 Å². The van der Waals surface area contributed by atoms with E-state index in [1.54, 1.807) is 36.4 Å². The van der Waals surface area contributed by atoms with Crippen molar-refractivity contribution in [2.24, 2.45) is 0 Å². The van der Waals surface area contributed by atoms with E-state index < -0.39 is 17.0 Å². The SMILES string of the molecule is COc1cccc(/C=C2/SC(=O)N(Cc3c(F)cccc3Cl)C2=O)c1OCc1ccc(Cl)cc1Cl. The first kappa shape index (κ1) is 25.4. The van der Waals surface area contributed by atoms with Gasteiger partial charge in [0, 0.05) is 31.8 Å². The molecule has 10 heteroatoms. The number of amides is 2. The van der Waals surface area contributed by atoms with Crippen molar-refractivity contribution >= 4 is 63.8 Å². The Hall–Kier alpha value is -2.71. The number of hydrogen-bond acceptors (Lipinski definition) is 5. The number of methoxy groups -OCH3 is 1. The molecule has 0 bridgehead atoms. The Morgan fingerprint density at radius 3 is 2.51 bits per heavy atom. The minimum absolute atomic E-state index is 0.0722. The molecule has 3 aromatic rings. The maximum absolute atomic E-state index is 14.2. The summed E-state index contributed by atoms with van der Waals surface area (Å²) in [5.41, 5.74) is 1.29. The van der Waals surface area contributed by atoms with Crippen LogP contribution >= 0.6 is 46.6 Å². The van der Waals surface area contributed by atoms with E-state index in [0.717, 1.165) is 16.7 Å². The summed E-state index contributed by atoms with van der Waals surface area (Å²) in [5.74, 6) is -0.357. The van der Waals surface area contributed by atoms with Crippen LogP contribution in [0.1, 0.15) is 16.7 Å². The van der Waals surface area contributed by atoms with Crippen LogP contribution < -0.4 is 9.47 Å². The second kappa shape index (κ2) is 10.9. The number of para-hydroxylation sites is 1. The summed E-state index contributed by atoms with van der Waals surface area (Å²) in [6, 6.07) is 14.4. The Bertz CT molecular complexity index is 1330. The van der Waals surface area contributed by atoms with Gasteiger partial charge in [-0.15, -0.1) is 0 Å². The third-order valence-electron chi connectivity index (χ3n) is 5.15. The standard InChI is InChI=1S/C25H17Cl3FNO4S/c1-33-21-7-2-4-14(23(21)34-13-15-8-9-16(26)11-19(15)28)10-22-24(31)30(25(32)35-22)12-17-18(27)5-3-6-20(17)29/h2-11H,12-13H2,1H3/b22-10+. The number of imide groups is 1. The highest BCUT2D eigenvalue weighted by atomic mass is 35.5. The van der Waals surface area contributed by atoms with E-state index in [2.05, 4.69) is 0 Å². The number of carbonyl (C=O) groups excluding carboxylic acids is 2. The molecular formula is C25H17Cl3FNO4S. The lowest BCUT2D eigenvalue weighted by Gasteiger charge is -2.15. The zero-order valence-electron chi connectivity index (χ0n) is 18.2. The van der Waals surface area contributed by atoms with Crippen molar-refractivity contribution in [3.05, 3.63) is 97.1 Å². The molecule has 1 saturated heterocycles. The molecule has 180 valence electrons. The predicted octanol–water partition coefficient (Wildman–Crippen LogP) is 7.61. The van der Waals surface area contributed by atoms with Crippen LogP contribution in [0, 0.1) is 5.82 Å². The average Bonchev–Trinajstić information content (AvgIpc) is 3.08. The summed E-state index contributed by atoms with van der Waals surface area (Å²) >= 11 is 19.0. The maximum Gasteiger partial charge on any atom is 0.293 e. The Balaban J connectivity index is 1.61. The number of halogens is 4. The minimum atomic E-state index is -0.593. The van der Waals surface area contributed by atoms with Crippen molar-refractivity contribution in [2.45, 2.75) is 13.2 Å². The van der Waals surface area contributed by atoms with Gasteiger partial charge in [-0.2, -0.15) is 0 Å². The van der Waals surface area contributed by atoms with E-state index in [-0.39, 0.29) is 28.6 Å². The van der Waals surface area contributed by atoms with Gasteiger partial charge >= 0.3 is 0 Å². The van der Waals surface area contributed by atoms with Crippen LogP contribution in [-0.4, -0.2) is 23.2 Å². The van der Waals surface area contributed by atoms with Crippen molar-refractivity contribution in [2.75, 3.05) is 7.11 Å². The quantitative estimate of drug-likeness (QED) is 0.282. The zero-order chi connectivity index (χ0) is 25.1. The number of thioether (sulfide) groups is 1. The Morgan fingerprint density at radius 2 is 1.80 bits per heavy atom. The molecular weight excluding hydrogens is 536 g/mol. The fraction of sp³-hybridized carbons (Fsp3) is 0.120. The topological polar surface area (TPSA) is 55.8 Å². The molecule has 35 heavy (non-hydrogen) atoms. The highest BCUT2D eigenvalue weighted by Crippen LogP contribution is 2.39. The van der Waals surface area contributed by atoms with E-state index in [1.807, 2.05) is 0 Å². The molecule has 0 aromatic heterocycles. The van der Waals surface area contributed by atoms with Crippen LogP contribution in [-0.2, 0) is 17.9 Å². The summed E-state index contributed by atoms with van der Waals surface area (Å²) in [7, 11) is 1.49. The summed E-state index contributed by atoms with van der Waals surface area (Å²) < 4.78 is 25.6. The van der Waals surface area contributed by atoms with Crippen molar-refractivity contribution < 1.29 is 23.5 Å². The fourth-order valence-corrected chi connectivity index (χ4v) is 4.88. The number of rotatable bonds is 7. The molecule has 1 aliphatic rings. The summed E-state index contributed by atoms with van der Waals surface area (Å²) in [4.78, 5) is 26.7. The molecule has 0 unspecified atom stereocenters. The number of hydrogen-bond donors (Lipinski definition) is 0. The first-order chi connectivity index (χ1) is 16.8. The van der Waals surface area contributed by atoms with Crippen LogP contribution in [0.15, 0.2) is 59.5 Å². The van der Waals surface area contributed by atoms with Gasteiger partial charge in [-0.25, -0.2) is 4.39 Å². The van der Waals surface area contributed by atoms with E-state index in [0.29, 0.717) is 32.7 Å². The molecule has 2 amide bonds. The van der Waals surface area contributed by atoms with Gasteiger partial charge in [0.15, 0.2) is 11.5 Å². The minimum Gasteiger partial charge on any atom is -0.493 e. The summed E-state index contributed by atoms with van der Waals surface area (Å²) in [5, 5.41) is 0.558. The van der Waals surface area contributed by atoms with Gasteiger partial charge in [-0.3, -0.25) is 14.5 Å². The molecule has 4 rings (SSSR count). The molecule has 0 aliphatic carbocycles. The molecule has 0 N–H and O–H groups in total. The first-order valence-corrected chi connectivity index (χ1v) is 12.2. The normalized spacial score (nSPS) is 14.7. The molecule has 1 fully saturated rings. The number of benzene rings is 3. The molecule has 0 spiro atoms. The second-order valence-electron chi connectivity index (χ2n) is 7.37. The molecule has 0 radical (unpaired) electrons. The predicted molar refractivity (Wildman–Crippen MR) is 137 cm³/mol. The van der Waals surface area contributed by atoms with Crippen LogP contribution in [0.3, 0.4) is 0 Å². The van der Waals surface area contributed by atoms with Crippen molar-refractivity contribution in [3.8, 4) is 11.5 Å². The molecule has 1 heterocycles. The summed E-state index contributed by atoms with van der Waals surface area (Å²) in [6.07, 6.45) is 1.54. The Kier molecular flexibility index (Phi) is 7.91. The third-order valence-corrected chi connectivity index (χ3v) is 7.00. The van der Waals surface area contributed by atoms with Crippen molar-refractivity contribution in [3.63, 3.8) is 0 Å². The van der Waals surface area contributed by atoms with Gasteiger partial charge < -0.3 is 9.47 Å². The van der Waals surface area contributed by atoms with Crippen molar-refractivity contribution in [1.29, 1.82) is 0 Å². The van der Waals surface area contributed by atoms with Crippen LogP contribution in [0.25, 0.3) is 6.08 Å². The maximum atomic E-state index is 14.2. The van der Waals surface area contributed by atoms with Gasteiger partial charge in [0.2, 0.25) is 0 Å². The highest BCUT2D eigenvalue weighted by molar-refractivity contribution is 8.18. The van der Waals surface area contributed by atoms with E-state index in [1.165, 1.54) is 31.4 Å². The molecule has 0 saturated carbocycles. The van der Waals surface area contributed by atoms with Crippen LogP contribution in [0.4, 0.5) is 9.18 Å². The van der Waals surface area contributed by atoms with Gasteiger partial charge in [-0.1, -0.05) is 59.1 Å². The number of carbonyl (C=O) groups is 2. The molecule has 1 aliphatic heterocycles. The van der Waals surface area contributed by atoms with Crippen LogP contribution in [0.2, 0.25) is 15.1 Å². The first-order valence-electron chi connectivity index (χ1n) is 10.2.